The molecule has 2 amide bonds. The first-order chi connectivity index (χ1) is 7.24. The molecule has 86 valence electrons. The molecule has 0 bridgehead atoms. The van der Waals surface area contributed by atoms with Crippen LogP contribution in [0.5, 0.6) is 0 Å². The highest BCUT2D eigenvalue weighted by molar-refractivity contribution is 8.13. The second-order valence-corrected chi connectivity index (χ2v) is 4.32. The monoisotopic (exact) mass is 232 g/mol. The van der Waals surface area contributed by atoms with Crippen LogP contribution in [0.15, 0.2) is 0 Å². The molecule has 1 aliphatic rings. The summed E-state index contributed by atoms with van der Waals surface area (Å²) in [6.45, 7) is 1.82. The van der Waals surface area contributed by atoms with Crippen LogP contribution in [0.25, 0.3) is 0 Å². The Balaban J connectivity index is 2.08. The Bertz CT molecular complexity index is 235. The Morgan fingerprint density at radius 2 is 2.40 bits per heavy atom. The van der Waals surface area contributed by atoms with E-state index in [2.05, 4.69) is 5.32 Å². The Labute approximate surface area is 93.2 Å². The van der Waals surface area contributed by atoms with E-state index in [0.717, 1.165) is 12.3 Å². The van der Waals surface area contributed by atoms with Crippen LogP contribution in [0.1, 0.15) is 12.8 Å². The van der Waals surface area contributed by atoms with Crippen LogP contribution in [-0.2, 0) is 4.79 Å². The molecule has 0 radical (unpaired) electrons. The summed E-state index contributed by atoms with van der Waals surface area (Å²) >= 11 is 1.30. The standard InChI is InChI=1S/C9H16N2O3S/c12-6-1-3-10-8(13)2-4-11-5-7-15-9(11)14/h12H,1-7H2,(H,10,13). The summed E-state index contributed by atoms with van der Waals surface area (Å²) in [5.74, 6) is 0.762. The van der Waals surface area contributed by atoms with Crippen molar-refractivity contribution in [1.82, 2.24) is 10.2 Å². The molecule has 0 atom stereocenters. The molecule has 2 N–H and O–H groups in total. The second-order valence-electron chi connectivity index (χ2n) is 3.28. The predicted molar refractivity (Wildman–Crippen MR) is 58.8 cm³/mol. The molecule has 0 aliphatic carbocycles. The first-order valence-electron chi connectivity index (χ1n) is 5.03. The van der Waals surface area contributed by atoms with Crippen molar-refractivity contribution >= 4 is 22.9 Å². The Hall–Kier alpha value is -0.750. The fraction of sp³-hybridized carbons (Fsp3) is 0.778. The summed E-state index contributed by atoms with van der Waals surface area (Å²) in [7, 11) is 0. The van der Waals surface area contributed by atoms with Gasteiger partial charge in [0.2, 0.25) is 5.91 Å². The van der Waals surface area contributed by atoms with Crippen LogP contribution < -0.4 is 5.32 Å². The lowest BCUT2D eigenvalue weighted by atomic mass is 10.3. The fourth-order valence-corrected chi connectivity index (χ4v) is 2.11. The molecule has 0 aromatic rings. The summed E-state index contributed by atoms with van der Waals surface area (Å²) < 4.78 is 0. The Morgan fingerprint density at radius 1 is 1.60 bits per heavy atom. The molecule has 15 heavy (non-hydrogen) atoms. The van der Waals surface area contributed by atoms with E-state index in [-0.39, 0.29) is 17.8 Å². The zero-order chi connectivity index (χ0) is 11.1. The quantitative estimate of drug-likeness (QED) is 0.635. The van der Waals surface area contributed by atoms with E-state index < -0.39 is 0 Å². The number of carbonyl (C=O) groups excluding carboxylic acids is 2. The van der Waals surface area contributed by atoms with E-state index >= 15 is 0 Å². The summed E-state index contributed by atoms with van der Waals surface area (Å²) in [6.07, 6.45) is 0.919. The molecule has 6 heteroatoms. The van der Waals surface area contributed by atoms with Crippen LogP contribution in [0, 0.1) is 0 Å². The van der Waals surface area contributed by atoms with Crippen LogP contribution in [0.2, 0.25) is 0 Å². The van der Waals surface area contributed by atoms with Crippen molar-refractivity contribution in [2.45, 2.75) is 12.8 Å². The zero-order valence-electron chi connectivity index (χ0n) is 8.57. The van der Waals surface area contributed by atoms with E-state index in [1.54, 1.807) is 4.90 Å². The highest BCUT2D eigenvalue weighted by atomic mass is 32.2. The summed E-state index contributed by atoms with van der Waals surface area (Å²) in [5.41, 5.74) is 0. The van der Waals surface area contributed by atoms with Gasteiger partial charge in [0.25, 0.3) is 5.24 Å². The van der Waals surface area contributed by atoms with E-state index in [9.17, 15) is 9.59 Å². The van der Waals surface area contributed by atoms with Crippen molar-refractivity contribution in [3.8, 4) is 0 Å². The SMILES string of the molecule is O=C(CCN1CCSC1=O)NCCCO. The number of aliphatic hydroxyl groups is 1. The third-order valence-corrected chi connectivity index (χ3v) is 3.00. The lowest BCUT2D eigenvalue weighted by Gasteiger charge is -2.13. The van der Waals surface area contributed by atoms with Gasteiger partial charge in [0.1, 0.15) is 0 Å². The van der Waals surface area contributed by atoms with Crippen molar-refractivity contribution in [2.75, 3.05) is 32.0 Å². The van der Waals surface area contributed by atoms with Crippen LogP contribution in [0.4, 0.5) is 4.79 Å². The van der Waals surface area contributed by atoms with Crippen LogP contribution in [-0.4, -0.2) is 53.1 Å². The smallest absolute Gasteiger partial charge is 0.281 e. The number of nitrogens with zero attached hydrogens (tertiary/aromatic N) is 1. The lowest BCUT2D eigenvalue weighted by Crippen LogP contribution is -2.31. The minimum absolute atomic E-state index is 0.0619. The molecule has 1 saturated heterocycles. The lowest BCUT2D eigenvalue weighted by molar-refractivity contribution is -0.121. The highest BCUT2D eigenvalue weighted by Crippen LogP contribution is 2.16. The van der Waals surface area contributed by atoms with Crippen LogP contribution >= 0.6 is 11.8 Å². The van der Waals surface area contributed by atoms with E-state index in [4.69, 9.17) is 5.11 Å². The predicted octanol–water partition coefficient (Wildman–Crippen LogP) is 0.0439. The van der Waals surface area contributed by atoms with Crippen molar-refractivity contribution in [3.63, 3.8) is 0 Å². The van der Waals surface area contributed by atoms with Crippen molar-refractivity contribution in [1.29, 1.82) is 0 Å². The van der Waals surface area contributed by atoms with Gasteiger partial charge in [0.15, 0.2) is 0 Å². The zero-order valence-corrected chi connectivity index (χ0v) is 9.39. The van der Waals surface area contributed by atoms with Gasteiger partial charge < -0.3 is 15.3 Å². The molecule has 5 nitrogen and oxygen atoms in total. The summed E-state index contributed by atoms with van der Waals surface area (Å²) in [5, 5.41) is 11.3. The normalized spacial score (nSPS) is 15.8. The van der Waals surface area contributed by atoms with Crippen LogP contribution in [0.3, 0.4) is 0 Å². The number of hydrogen-bond acceptors (Lipinski definition) is 4. The molecule has 0 saturated carbocycles. The molecule has 0 aromatic heterocycles. The molecule has 0 spiro atoms. The maximum absolute atomic E-state index is 11.2. The number of carbonyl (C=O) groups is 2. The maximum atomic E-state index is 11.2. The van der Waals surface area contributed by atoms with E-state index in [1.165, 1.54) is 11.8 Å². The number of amides is 2. The number of nitrogens with one attached hydrogen (secondary N) is 1. The molecule has 1 heterocycles. The third kappa shape index (κ3) is 4.53. The van der Waals surface area contributed by atoms with Crippen molar-refractivity contribution < 1.29 is 14.7 Å². The molecule has 1 aliphatic heterocycles. The van der Waals surface area contributed by atoms with Gasteiger partial charge in [0, 0.05) is 38.4 Å². The molecular weight excluding hydrogens is 216 g/mol. The third-order valence-electron chi connectivity index (χ3n) is 2.11. The minimum Gasteiger partial charge on any atom is -0.396 e. The Morgan fingerprint density at radius 3 is 3.00 bits per heavy atom. The maximum Gasteiger partial charge on any atom is 0.281 e. The van der Waals surface area contributed by atoms with Gasteiger partial charge in [-0.1, -0.05) is 11.8 Å². The van der Waals surface area contributed by atoms with Gasteiger partial charge in [-0.05, 0) is 6.42 Å². The second kappa shape index (κ2) is 6.68. The number of thioether (sulfide) groups is 1. The van der Waals surface area contributed by atoms with Gasteiger partial charge >= 0.3 is 0 Å². The molecule has 1 fully saturated rings. The minimum atomic E-state index is -0.0619. The molecule has 0 aromatic carbocycles. The van der Waals surface area contributed by atoms with Gasteiger partial charge in [-0.15, -0.1) is 0 Å². The largest absolute Gasteiger partial charge is 0.396 e. The summed E-state index contributed by atoms with van der Waals surface area (Å²) in [4.78, 5) is 24.1. The Kier molecular flexibility index (Phi) is 5.49. The first-order valence-corrected chi connectivity index (χ1v) is 6.02. The van der Waals surface area contributed by atoms with E-state index in [1.807, 2.05) is 0 Å². The summed E-state index contributed by atoms with van der Waals surface area (Å²) in [6, 6.07) is 0. The fourth-order valence-electron chi connectivity index (χ4n) is 1.26. The van der Waals surface area contributed by atoms with Crippen molar-refractivity contribution in [3.05, 3.63) is 0 Å². The number of rotatable bonds is 6. The highest BCUT2D eigenvalue weighted by Gasteiger charge is 2.20. The molecule has 0 unspecified atom stereocenters. The molecular formula is C9H16N2O3S. The number of aliphatic hydroxyl groups excluding tert-OH is 1. The van der Waals surface area contributed by atoms with Gasteiger partial charge in [0.05, 0.1) is 0 Å². The average molecular weight is 232 g/mol. The van der Waals surface area contributed by atoms with Gasteiger partial charge in [-0.3, -0.25) is 9.59 Å². The molecule has 1 rings (SSSR count). The topological polar surface area (TPSA) is 69.6 Å². The van der Waals surface area contributed by atoms with Gasteiger partial charge in [-0.25, -0.2) is 0 Å². The van der Waals surface area contributed by atoms with Gasteiger partial charge in [-0.2, -0.15) is 0 Å². The number of hydrogen-bond donors (Lipinski definition) is 2. The van der Waals surface area contributed by atoms with E-state index in [0.29, 0.717) is 25.9 Å². The average Bonchev–Trinajstić information content (AvgIpc) is 2.61. The van der Waals surface area contributed by atoms with Crippen molar-refractivity contribution in [2.24, 2.45) is 0 Å². The first kappa shape index (κ1) is 12.3.